The van der Waals surface area contributed by atoms with Crippen LogP contribution < -0.4 is 27.4 Å². The lowest BCUT2D eigenvalue weighted by Gasteiger charge is -2.26. The Morgan fingerprint density at radius 3 is 2.17 bits per heavy atom. The van der Waals surface area contributed by atoms with Gasteiger partial charge in [0.2, 0.25) is 23.6 Å². The van der Waals surface area contributed by atoms with Gasteiger partial charge in [-0.15, -0.1) is 0 Å². The SMILES string of the molecule is CCC(C)C(NC(=O)C(CCC(N)=O)NC(=O)C(N)CCSC)C(=O)NCC(=O)O. The summed E-state index contributed by atoms with van der Waals surface area (Å²) < 4.78 is 0. The van der Waals surface area contributed by atoms with Gasteiger partial charge in [-0.2, -0.15) is 11.8 Å². The molecule has 11 nitrogen and oxygen atoms in total. The van der Waals surface area contributed by atoms with Crippen molar-refractivity contribution in [3.63, 3.8) is 0 Å². The smallest absolute Gasteiger partial charge is 0.322 e. The van der Waals surface area contributed by atoms with Gasteiger partial charge in [0.15, 0.2) is 0 Å². The lowest BCUT2D eigenvalue weighted by atomic mass is 9.97. The van der Waals surface area contributed by atoms with Crippen LogP contribution in [-0.2, 0) is 24.0 Å². The number of rotatable bonds is 15. The largest absolute Gasteiger partial charge is 0.480 e. The summed E-state index contributed by atoms with van der Waals surface area (Å²) in [5.41, 5.74) is 11.0. The quantitative estimate of drug-likeness (QED) is 0.175. The fraction of sp³-hybridized carbons (Fsp3) is 0.722. The summed E-state index contributed by atoms with van der Waals surface area (Å²) in [5.74, 6) is -3.40. The standard InChI is InChI=1S/C18H33N5O6S/c1-4-10(2)15(18(29)21-9-14(25)26)23-17(28)12(5-6-13(20)24)22-16(27)11(19)7-8-30-3/h10-12,15H,4-9,19H2,1-3H3,(H2,20,24)(H,21,29)(H,22,27)(H,23,28)(H,25,26). The second kappa shape index (κ2) is 14.6. The van der Waals surface area contributed by atoms with Crippen molar-refractivity contribution in [2.24, 2.45) is 17.4 Å². The van der Waals surface area contributed by atoms with Crippen LogP contribution in [0.4, 0.5) is 0 Å². The molecule has 0 saturated carbocycles. The molecule has 0 aliphatic rings. The van der Waals surface area contributed by atoms with Crippen molar-refractivity contribution in [2.45, 2.75) is 57.7 Å². The molecule has 4 amide bonds. The predicted molar refractivity (Wildman–Crippen MR) is 113 cm³/mol. The first-order valence-electron chi connectivity index (χ1n) is 9.66. The van der Waals surface area contributed by atoms with E-state index in [1.807, 2.05) is 13.2 Å². The first kappa shape index (κ1) is 27.7. The number of carboxylic acids is 1. The second-order valence-corrected chi connectivity index (χ2v) is 7.92. The van der Waals surface area contributed by atoms with Crippen LogP contribution in [-0.4, -0.2) is 71.4 Å². The molecule has 0 rings (SSSR count). The zero-order valence-corrected chi connectivity index (χ0v) is 18.4. The molecule has 0 spiro atoms. The number of carbonyl (C=O) groups is 5. The summed E-state index contributed by atoms with van der Waals surface area (Å²) in [5, 5.41) is 16.0. The Hall–Kier alpha value is -2.34. The van der Waals surface area contributed by atoms with E-state index in [1.54, 1.807) is 6.92 Å². The lowest BCUT2D eigenvalue weighted by molar-refractivity contribution is -0.139. The number of hydrogen-bond donors (Lipinski definition) is 6. The molecule has 0 heterocycles. The van der Waals surface area contributed by atoms with Gasteiger partial charge in [-0.1, -0.05) is 20.3 Å². The molecule has 0 bridgehead atoms. The van der Waals surface area contributed by atoms with E-state index < -0.39 is 54.3 Å². The van der Waals surface area contributed by atoms with Crippen molar-refractivity contribution in [1.29, 1.82) is 0 Å². The summed E-state index contributed by atoms with van der Waals surface area (Å²) in [6, 6.07) is -2.96. The molecule has 0 radical (unpaired) electrons. The van der Waals surface area contributed by atoms with Crippen LogP contribution in [0.2, 0.25) is 0 Å². The van der Waals surface area contributed by atoms with Gasteiger partial charge in [-0.3, -0.25) is 24.0 Å². The molecule has 12 heteroatoms. The highest BCUT2D eigenvalue weighted by molar-refractivity contribution is 7.98. The van der Waals surface area contributed by atoms with Gasteiger partial charge in [0.05, 0.1) is 6.04 Å². The van der Waals surface area contributed by atoms with Crippen LogP contribution in [0.5, 0.6) is 0 Å². The van der Waals surface area contributed by atoms with E-state index in [2.05, 4.69) is 16.0 Å². The molecule has 172 valence electrons. The summed E-state index contributed by atoms with van der Waals surface area (Å²) >= 11 is 1.52. The van der Waals surface area contributed by atoms with Crippen LogP contribution in [0.25, 0.3) is 0 Å². The minimum Gasteiger partial charge on any atom is -0.480 e. The van der Waals surface area contributed by atoms with E-state index in [0.717, 1.165) is 0 Å². The molecule has 0 aromatic rings. The lowest BCUT2D eigenvalue weighted by Crippen LogP contribution is -2.57. The highest BCUT2D eigenvalue weighted by Crippen LogP contribution is 2.10. The molecular weight excluding hydrogens is 414 g/mol. The molecule has 8 N–H and O–H groups in total. The van der Waals surface area contributed by atoms with Crippen LogP contribution in [0, 0.1) is 5.92 Å². The zero-order chi connectivity index (χ0) is 23.3. The van der Waals surface area contributed by atoms with Crippen LogP contribution in [0.3, 0.4) is 0 Å². The van der Waals surface area contributed by atoms with Gasteiger partial charge in [0.25, 0.3) is 0 Å². The summed E-state index contributed by atoms with van der Waals surface area (Å²) in [7, 11) is 0. The van der Waals surface area contributed by atoms with Crippen molar-refractivity contribution in [1.82, 2.24) is 16.0 Å². The molecule has 0 aliphatic carbocycles. The Bertz CT molecular complexity index is 618. The number of carbonyl (C=O) groups excluding carboxylic acids is 4. The third-order valence-electron chi connectivity index (χ3n) is 4.49. The van der Waals surface area contributed by atoms with Crippen molar-refractivity contribution in [3.05, 3.63) is 0 Å². The van der Waals surface area contributed by atoms with Crippen LogP contribution in [0.1, 0.15) is 39.5 Å². The maximum Gasteiger partial charge on any atom is 0.322 e. The van der Waals surface area contributed by atoms with Crippen LogP contribution in [0.15, 0.2) is 0 Å². The molecule has 0 aliphatic heterocycles. The number of carboxylic acid groups (broad SMARTS) is 1. The molecule has 4 unspecified atom stereocenters. The van der Waals surface area contributed by atoms with E-state index in [4.69, 9.17) is 16.6 Å². The van der Waals surface area contributed by atoms with Crippen molar-refractivity contribution in [3.8, 4) is 0 Å². The summed E-state index contributed by atoms with van der Waals surface area (Å²) in [6.45, 7) is 2.94. The van der Waals surface area contributed by atoms with E-state index in [0.29, 0.717) is 18.6 Å². The first-order chi connectivity index (χ1) is 14.0. The molecule has 0 saturated heterocycles. The predicted octanol–water partition coefficient (Wildman–Crippen LogP) is -1.45. The highest BCUT2D eigenvalue weighted by atomic mass is 32.2. The maximum absolute atomic E-state index is 12.8. The van der Waals surface area contributed by atoms with Gasteiger partial charge in [-0.25, -0.2) is 0 Å². The summed E-state index contributed by atoms with van der Waals surface area (Å²) in [4.78, 5) is 59.3. The molecule has 0 aromatic carbocycles. The Labute approximate surface area is 180 Å². The topological polar surface area (TPSA) is 194 Å². The Morgan fingerprint density at radius 2 is 1.67 bits per heavy atom. The molecule has 4 atom stereocenters. The molecular formula is C18H33N5O6S. The monoisotopic (exact) mass is 447 g/mol. The first-order valence-corrected chi connectivity index (χ1v) is 11.1. The Balaban J connectivity index is 5.31. The van der Waals surface area contributed by atoms with Gasteiger partial charge in [0, 0.05) is 6.42 Å². The zero-order valence-electron chi connectivity index (χ0n) is 17.6. The number of thioether (sulfide) groups is 1. The average molecular weight is 448 g/mol. The Kier molecular flexibility index (Phi) is 13.5. The maximum atomic E-state index is 12.8. The summed E-state index contributed by atoms with van der Waals surface area (Å²) in [6.07, 6.45) is 2.59. The van der Waals surface area contributed by atoms with Crippen molar-refractivity contribution >= 4 is 41.4 Å². The van der Waals surface area contributed by atoms with E-state index in [-0.39, 0.29) is 18.8 Å². The number of aliphatic carboxylic acids is 1. The molecule has 0 aromatic heterocycles. The third kappa shape index (κ3) is 11.0. The number of hydrogen-bond acceptors (Lipinski definition) is 7. The van der Waals surface area contributed by atoms with Gasteiger partial charge >= 0.3 is 5.97 Å². The van der Waals surface area contributed by atoms with Gasteiger partial charge in [-0.05, 0) is 30.8 Å². The third-order valence-corrected chi connectivity index (χ3v) is 5.13. The Morgan fingerprint density at radius 1 is 1.03 bits per heavy atom. The van der Waals surface area contributed by atoms with Crippen molar-refractivity contribution in [2.75, 3.05) is 18.6 Å². The normalized spacial score (nSPS) is 14.7. The van der Waals surface area contributed by atoms with Gasteiger partial charge < -0.3 is 32.5 Å². The van der Waals surface area contributed by atoms with Crippen LogP contribution >= 0.6 is 11.8 Å². The minimum atomic E-state index is -1.22. The fourth-order valence-electron chi connectivity index (χ4n) is 2.44. The highest BCUT2D eigenvalue weighted by Gasteiger charge is 2.30. The number of primary amides is 1. The number of nitrogens with one attached hydrogen (secondary N) is 3. The van der Waals surface area contributed by atoms with E-state index >= 15 is 0 Å². The minimum absolute atomic E-state index is 0.0634. The van der Waals surface area contributed by atoms with E-state index in [9.17, 15) is 24.0 Å². The second-order valence-electron chi connectivity index (χ2n) is 6.94. The molecule has 0 fully saturated rings. The average Bonchev–Trinajstić information content (AvgIpc) is 2.69. The molecule has 30 heavy (non-hydrogen) atoms. The van der Waals surface area contributed by atoms with Crippen molar-refractivity contribution < 1.29 is 29.1 Å². The van der Waals surface area contributed by atoms with Gasteiger partial charge in [0.1, 0.15) is 18.6 Å². The number of amides is 4. The number of nitrogens with two attached hydrogens (primary N) is 2. The fourth-order valence-corrected chi connectivity index (χ4v) is 2.93. The van der Waals surface area contributed by atoms with E-state index in [1.165, 1.54) is 11.8 Å².